The Morgan fingerprint density at radius 1 is 0.741 bits per heavy atom. The third kappa shape index (κ3) is 5.48. The van der Waals surface area contributed by atoms with E-state index in [0.29, 0.717) is 24.0 Å². The highest BCUT2D eigenvalue weighted by Gasteiger charge is 2.38. The lowest BCUT2D eigenvalue weighted by atomic mass is 9.91. The van der Waals surface area contributed by atoms with Gasteiger partial charge in [0.05, 0.1) is 13.2 Å². The van der Waals surface area contributed by atoms with E-state index in [4.69, 9.17) is 9.47 Å². The number of alkyl carbamates (subject to hydrolysis) is 2. The summed E-state index contributed by atoms with van der Waals surface area (Å²) in [5.74, 6) is 0. The molecule has 0 saturated carbocycles. The van der Waals surface area contributed by atoms with Gasteiger partial charge in [-0.15, -0.1) is 0 Å². The predicted molar refractivity (Wildman–Crippen MR) is 103 cm³/mol. The molecule has 0 fully saturated rings. The number of carbonyl (C=O) groups excluding carboxylic acids is 2. The first kappa shape index (κ1) is 20.3. The van der Waals surface area contributed by atoms with E-state index in [1.54, 1.807) is 0 Å². The monoisotopic (exact) mass is 370 g/mol. The van der Waals surface area contributed by atoms with E-state index in [2.05, 4.69) is 10.6 Å². The Morgan fingerprint density at radius 2 is 1.11 bits per heavy atom. The van der Waals surface area contributed by atoms with Gasteiger partial charge in [-0.25, -0.2) is 9.59 Å². The molecule has 0 aliphatic heterocycles. The van der Waals surface area contributed by atoms with E-state index in [0.717, 1.165) is 0 Å². The van der Waals surface area contributed by atoms with Crippen molar-refractivity contribution in [2.45, 2.75) is 32.4 Å². The Bertz CT molecular complexity index is 656. The van der Waals surface area contributed by atoms with Gasteiger partial charge in [0.2, 0.25) is 0 Å². The summed E-state index contributed by atoms with van der Waals surface area (Å²) >= 11 is 0. The van der Waals surface area contributed by atoms with Crippen LogP contribution in [0, 0.1) is 0 Å². The molecule has 2 N–H and O–H groups in total. The minimum Gasteiger partial charge on any atom is -0.450 e. The van der Waals surface area contributed by atoms with Crippen LogP contribution < -0.4 is 10.6 Å². The maximum absolute atomic E-state index is 12.4. The summed E-state index contributed by atoms with van der Waals surface area (Å²) in [7, 11) is 0. The zero-order chi connectivity index (χ0) is 19.5. The minimum atomic E-state index is -1.32. The number of carbonyl (C=O) groups is 2. The fourth-order valence-electron chi connectivity index (χ4n) is 2.63. The van der Waals surface area contributed by atoms with Crippen molar-refractivity contribution in [2.75, 3.05) is 13.2 Å². The van der Waals surface area contributed by atoms with Gasteiger partial charge in [0.25, 0.3) is 0 Å². The second-order valence-electron chi connectivity index (χ2n) is 6.00. The van der Waals surface area contributed by atoms with Crippen LogP contribution in [0.3, 0.4) is 0 Å². The van der Waals surface area contributed by atoms with Crippen LogP contribution in [0.5, 0.6) is 0 Å². The number of ether oxygens (including phenoxy) is 2. The number of hydrogen-bond acceptors (Lipinski definition) is 4. The van der Waals surface area contributed by atoms with Crippen molar-refractivity contribution in [3.8, 4) is 0 Å². The average Bonchev–Trinajstić information content (AvgIpc) is 2.71. The molecule has 2 aromatic rings. The molecule has 0 spiro atoms. The third-order valence-electron chi connectivity index (χ3n) is 3.87. The molecule has 2 amide bonds. The van der Waals surface area contributed by atoms with Crippen molar-refractivity contribution in [3.63, 3.8) is 0 Å². The predicted octanol–water partition coefficient (Wildman–Crippen LogP) is 4.16. The molecule has 2 aromatic carbocycles. The molecule has 0 unspecified atom stereocenters. The molecular weight excluding hydrogens is 344 g/mol. The minimum absolute atomic E-state index is 0.284. The van der Waals surface area contributed by atoms with E-state index in [9.17, 15) is 9.59 Å². The molecule has 0 aliphatic carbocycles. The van der Waals surface area contributed by atoms with Gasteiger partial charge >= 0.3 is 12.2 Å². The van der Waals surface area contributed by atoms with Crippen LogP contribution in [0.4, 0.5) is 9.59 Å². The van der Waals surface area contributed by atoms with Crippen LogP contribution in [-0.2, 0) is 15.1 Å². The van der Waals surface area contributed by atoms with Crippen LogP contribution in [0.25, 0.3) is 0 Å². The molecule has 0 saturated heterocycles. The van der Waals surface area contributed by atoms with Crippen LogP contribution in [0.15, 0.2) is 60.7 Å². The summed E-state index contributed by atoms with van der Waals surface area (Å²) in [5, 5.41) is 5.66. The first-order chi connectivity index (χ1) is 13.1. The summed E-state index contributed by atoms with van der Waals surface area (Å²) in [4.78, 5) is 24.9. The van der Waals surface area contributed by atoms with Crippen molar-refractivity contribution >= 4 is 12.2 Å². The Hall–Kier alpha value is -3.02. The zero-order valence-electron chi connectivity index (χ0n) is 15.7. The van der Waals surface area contributed by atoms with Crippen molar-refractivity contribution in [1.82, 2.24) is 10.6 Å². The summed E-state index contributed by atoms with van der Waals surface area (Å²) in [6, 6.07) is 18.4. The molecule has 0 bridgehead atoms. The molecule has 0 aromatic heterocycles. The highest BCUT2D eigenvalue weighted by molar-refractivity contribution is 5.74. The Kier molecular flexibility index (Phi) is 7.67. The highest BCUT2D eigenvalue weighted by atomic mass is 16.6. The van der Waals surface area contributed by atoms with Crippen LogP contribution in [-0.4, -0.2) is 25.4 Å². The number of rotatable bonds is 8. The van der Waals surface area contributed by atoms with E-state index >= 15 is 0 Å². The fourth-order valence-corrected chi connectivity index (χ4v) is 2.63. The number of amides is 2. The molecule has 27 heavy (non-hydrogen) atoms. The SMILES string of the molecule is CCCOC(=O)NC(NC(=O)OCCC)(c1ccccc1)c1ccccc1. The van der Waals surface area contributed by atoms with Crippen molar-refractivity contribution in [1.29, 1.82) is 0 Å². The quantitative estimate of drug-likeness (QED) is 0.684. The first-order valence-electron chi connectivity index (χ1n) is 9.13. The molecule has 0 heterocycles. The normalized spacial score (nSPS) is 10.7. The maximum Gasteiger partial charge on any atom is 0.409 e. The zero-order valence-corrected chi connectivity index (χ0v) is 15.7. The summed E-state index contributed by atoms with van der Waals surface area (Å²) < 4.78 is 10.4. The van der Waals surface area contributed by atoms with E-state index < -0.39 is 17.8 Å². The van der Waals surface area contributed by atoms with Gasteiger partial charge in [-0.3, -0.25) is 10.6 Å². The molecule has 0 atom stereocenters. The topological polar surface area (TPSA) is 76.7 Å². The Labute approximate surface area is 159 Å². The number of hydrogen-bond donors (Lipinski definition) is 2. The second kappa shape index (κ2) is 10.2. The fraction of sp³-hybridized carbons (Fsp3) is 0.333. The van der Waals surface area contributed by atoms with Gasteiger partial charge in [-0.1, -0.05) is 74.5 Å². The van der Waals surface area contributed by atoms with Gasteiger partial charge in [0, 0.05) is 11.1 Å². The third-order valence-corrected chi connectivity index (χ3v) is 3.87. The molecule has 6 heteroatoms. The van der Waals surface area contributed by atoms with Crippen molar-refractivity contribution in [3.05, 3.63) is 71.8 Å². The van der Waals surface area contributed by atoms with Crippen molar-refractivity contribution < 1.29 is 19.1 Å². The van der Waals surface area contributed by atoms with Gasteiger partial charge in [0.1, 0.15) is 0 Å². The molecule has 0 aliphatic rings. The number of benzene rings is 2. The number of nitrogens with one attached hydrogen (secondary N) is 2. The summed E-state index contributed by atoms with van der Waals surface area (Å²) in [5.41, 5.74) is 0.0363. The molecular formula is C21H26N2O4. The molecule has 6 nitrogen and oxygen atoms in total. The van der Waals surface area contributed by atoms with Gasteiger partial charge in [-0.05, 0) is 12.8 Å². The Balaban J connectivity index is 2.47. The standard InChI is InChI=1S/C21H26N2O4/c1-3-15-26-19(24)22-21(17-11-7-5-8-12-17,18-13-9-6-10-14-18)23-20(25)27-16-4-2/h5-14H,3-4,15-16H2,1-2H3,(H,22,24)(H,23,25). The first-order valence-corrected chi connectivity index (χ1v) is 9.13. The summed E-state index contributed by atoms with van der Waals surface area (Å²) in [6.07, 6.45) is 0.146. The van der Waals surface area contributed by atoms with Gasteiger partial charge < -0.3 is 9.47 Å². The van der Waals surface area contributed by atoms with Crippen molar-refractivity contribution in [2.24, 2.45) is 0 Å². The summed E-state index contributed by atoms with van der Waals surface area (Å²) in [6.45, 7) is 4.39. The van der Waals surface area contributed by atoms with Gasteiger partial charge in [-0.2, -0.15) is 0 Å². The largest absolute Gasteiger partial charge is 0.450 e. The van der Waals surface area contributed by atoms with Crippen LogP contribution in [0.1, 0.15) is 37.8 Å². The maximum atomic E-state index is 12.4. The molecule has 0 radical (unpaired) electrons. The molecule has 2 rings (SSSR count). The average molecular weight is 370 g/mol. The molecule has 144 valence electrons. The van der Waals surface area contributed by atoms with Crippen LogP contribution in [0.2, 0.25) is 0 Å². The van der Waals surface area contributed by atoms with Gasteiger partial charge in [0.15, 0.2) is 5.66 Å². The van der Waals surface area contributed by atoms with E-state index in [1.807, 2.05) is 74.5 Å². The Morgan fingerprint density at radius 3 is 1.44 bits per heavy atom. The highest BCUT2D eigenvalue weighted by Crippen LogP contribution is 2.27. The second-order valence-corrected chi connectivity index (χ2v) is 6.00. The van der Waals surface area contributed by atoms with Crippen LogP contribution >= 0.6 is 0 Å². The lowest BCUT2D eigenvalue weighted by molar-refractivity contribution is 0.117. The lowest BCUT2D eigenvalue weighted by Crippen LogP contribution is -2.59. The lowest BCUT2D eigenvalue weighted by Gasteiger charge is -2.35. The van der Waals surface area contributed by atoms with E-state index in [1.165, 1.54) is 0 Å². The van der Waals surface area contributed by atoms with E-state index in [-0.39, 0.29) is 13.2 Å². The smallest absolute Gasteiger partial charge is 0.409 e.